The Labute approximate surface area is 144 Å². The van der Waals surface area contributed by atoms with Crippen molar-refractivity contribution >= 4 is 0 Å². The molecule has 3 heteroatoms. The molecule has 0 spiro atoms. The largest absolute Gasteiger partial charge is 0.490 e. The lowest BCUT2D eigenvalue weighted by molar-refractivity contribution is 0.127. The van der Waals surface area contributed by atoms with Gasteiger partial charge in [-0.15, -0.1) is 6.58 Å². The highest BCUT2D eigenvalue weighted by Crippen LogP contribution is 2.41. The van der Waals surface area contributed by atoms with Gasteiger partial charge in [-0.05, 0) is 87.2 Å². The average molecular weight is 334 g/mol. The quantitative estimate of drug-likeness (QED) is 0.587. The summed E-state index contributed by atoms with van der Waals surface area (Å²) in [6, 6.07) is 4.11. The molecule has 3 rings (SSSR count). The first-order valence-electron chi connectivity index (χ1n) is 9.36. The van der Waals surface area contributed by atoms with E-state index in [1.165, 1.54) is 50.7 Å². The van der Waals surface area contributed by atoms with E-state index in [1.807, 2.05) is 0 Å². The summed E-state index contributed by atoms with van der Waals surface area (Å²) < 4.78 is 32.3. The topological polar surface area (TPSA) is 9.23 Å². The van der Waals surface area contributed by atoms with Gasteiger partial charge in [-0.1, -0.05) is 12.1 Å². The molecule has 1 nitrogen and oxygen atoms in total. The zero-order valence-corrected chi connectivity index (χ0v) is 14.4. The molecule has 132 valence electrons. The predicted octanol–water partition coefficient (Wildman–Crippen LogP) is 6.14. The van der Waals surface area contributed by atoms with Gasteiger partial charge in [0.15, 0.2) is 11.6 Å². The van der Waals surface area contributed by atoms with Crippen LogP contribution in [0.25, 0.3) is 0 Å². The van der Waals surface area contributed by atoms with E-state index in [2.05, 4.69) is 12.7 Å². The van der Waals surface area contributed by atoms with Crippen molar-refractivity contribution in [3.63, 3.8) is 0 Å². The van der Waals surface area contributed by atoms with Crippen LogP contribution < -0.4 is 4.74 Å². The molecule has 1 aromatic carbocycles. The summed E-state index contributed by atoms with van der Waals surface area (Å²) in [6.45, 7) is 4.42. The van der Waals surface area contributed by atoms with Gasteiger partial charge >= 0.3 is 0 Å². The van der Waals surface area contributed by atoms with Gasteiger partial charge in [0, 0.05) is 0 Å². The summed E-state index contributed by atoms with van der Waals surface area (Å²) in [5.41, 5.74) is 0. The molecule has 24 heavy (non-hydrogen) atoms. The van der Waals surface area contributed by atoms with Crippen LogP contribution in [-0.2, 0) is 0 Å². The minimum Gasteiger partial charge on any atom is -0.490 e. The van der Waals surface area contributed by atoms with Crippen LogP contribution in [0, 0.1) is 35.3 Å². The Morgan fingerprint density at radius 3 is 2.21 bits per heavy atom. The number of benzene rings is 1. The molecule has 0 bridgehead atoms. The lowest BCUT2D eigenvalue weighted by atomic mass is 9.69. The summed E-state index contributed by atoms with van der Waals surface area (Å²) >= 11 is 0. The molecule has 0 aromatic heterocycles. The Morgan fingerprint density at radius 2 is 1.58 bits per heavy atom. The van der Waals surface area contributed by atoms with Crippen LogP contribution in [-0.4, -0.2) is 6.61 Å². The van der Waals surface area contributed by atoms with E-state index in [1.54, 1.807) is 0 Å². The van der Waals surface area contributed by atoms with Crippen molar-refractivity contribution in [2.45, 2.75) is 51.4 Å². The molecule has 0 unspecified atom stereocenters. The third kappa shape index (κ3) is 4.17. The molecule has 2 fully saturated rings. The lowest BCUT2D eigenvalue weighted by Gasteiger charge is -2.37. The summed E-state index contributed by atoms with van der Waals surface area (Å²) in [5, 5.41) is 0. The Hall–Kier alpha value is -1.38. The normalized spacial score (nSPS) is 30.8. The first-order valence-corrected chi connectivity index (χ1v) is 9.36. The maximum atomic E-state index is 13.6. The van der Waals surface area contributed by atoms with Gasteiger partial charge in [-0.2, -0.15) is 4.39 Å². The van der Waals surface area contributed by atoms with Crippen molar-refractivity contribution in [2.75, 3.05) is 6.61 Å². The van der Waals surface area contributed by atoms with Gasteiger partial charge in [-0.25, -0.2) is 4.39 Å². The number of ether oxygens (including phenoxy) is 1. The fourth-order valence-electron chi connectivity index (χ4n) is 4.48. The molecule has 0 N–H and O–H groups in total. The van der Waals surface area contributed by atoms with E-state index in [9.17, 15) is 8.78 Å². The van der Waals surface area contributed by atoms with Crippen LogP contribution in [0.5, 0.6) is 5.75 Å². The average Bonchev–Trinajstić information content (AvgIpc) is 2.63. The second-order valence-corrected chi connectivity index (χ2v) is 7.55. The van der Waals surface area contributed by atoms with E-state index < -0.39 is 11.6 Å². The van der Waals surface area contributed by atoms with Gasteiger partial charge in [0.1, 0.15) is 0 Å². The SMILES string of the molecule is C=CC1CCC(C2CCC(COc3cccc(F)c3F)CC2)CC1. The summed E-state index contributed by atoms with van der Waals surface area (Å²) in [6.07, 6.45) is 12.2. The van der Waals surface area contributed by atoms with Gasteiger partial charge < -0.3 is 4.74 Å². The molecular weight excluding hydrogens is 306 g/mol. The van der Waals surface area contributed by atoms with Crippen LogP contribution in [0.3, 0.4) is 0 Å². The molecule has 0 saturated heterocycles. The third-order valence-corrected chi connectivity index (χ3v) is 6.10. The molecular formula is C21H28F2O. The van der Waals surface area contributed by atoms with E-state index in [0.717, 1.165) is 36.7 Å². The highest BCUT2D eigenvalue weighted by molar-refractivity contribution is 5.25. The minimum absolute atomic E-state index is 0.0415. The molecule has 0 radical (unpaired) electrons. The predicted molar refractivity (Wildman–Crippen MR) is 92.9 cm³/mol. The fourth-order valence-corrected chi connectivity index (χ4v) is 4.48. The molecule has 0 aliphatic heterocycles. The van der Waals surface area contributed by atoms with Crippen molar-refractivity contribution in [3.8, 4) is 5.75 Å². The first-order chi connectivity index (χ1) is 11.7. The summed E-state index contributed by atoms with van der Waals surface area (Å²) in [7, 11) is 0. The standard InChI is InChI=1S/C21H28F2O/c1-2-15-6-10-17(11-7-15)18-12-8-16(9-13-18)14-24-20-5-3-4-19(22)21(20)23/h2-5,15-18H,1,6-14H2. The van der Waals surface area contributed by atoms with Crippen molar-refractivity contribution < 1.29 is 13.5 Å². The molecule has 2 aliphatic carbocycles. The van der Waals surface area contributed by atoms with Gasteiger partial charge in [0.25, 0.3) is 0 Å². The van der Waals surface area contributed by atoms with E-state index in [4.69, 9.17) is 4.74 Å². The third-order valence-electron chi connectivity index (χ3n) is 6.10. The number of allylic oxidation sites excluding steroid dienone is 1. The monoisotopic (exact) mass is 334 g/mol. The van der Waals surface area contributed by atoms with Crippen molar-refractivity contribution in [1.29, 1.82) is 0 Å². The smallest absolute Gasteiger partial charge is 0.200 e. The van der Waals surface area contributed by atoms with Crippen molar-refractivity contribution in [2.24, 2.45) is 23.7 Å². The number of halogens is 2. The zero-order valence-electron chi connectivity index (χ0n) is 14.4. The van der Waals surface area contributed by atoms with Crippen LogP contribution in [0.15, 0.2) is 30.9 Å². The zero-order chi connectivity index (χ0) is 16.9. The molecule has 2 aliphatic rings. The van der Waals surface area contributed by atoms with Crippen LogP contribution >= 0.6 is 0 Å². The first kappa shape index (κ1) is 17.4. The highest BCUT2D eigenvalue weighted by Gasteiger charge is 2.30. The van der Waals surface area contributed by atoms with Crippen LogP contribution in [0.1, 0.15) is 51.4 Å². The van der Waals surface area contributed by atoms with Crippen molar-refractivity contribution in [3.05, 3.63) is 42.5 Å². The second kappa shape index (κ2) is 8.13. The molecule has 0 atom stereocenters. The summed E-state index contributed by atoms with van der Waals surface area (Å²) in [4.78, 5) is 0. The van der Waals surface area contributed by atoms with Gasteiger partial charge in [0.05, 0.1) is 6.61 Å². The van der Waals surface area contributed by atoms with Crippen molar-refractivity contribution in [1.82, 2.24) is 0 Å². The Bertz CT molecular complexity index is 541. The number of rotatable bonds is 5. The van der Waals surface area contributed by atoms with Gasteiger partial charge in [0.2, 0.25) is 5.82 Å². The molecule has 0 heterocycles. The van der Waals surface area contributed by atoms with E-state index in [0.29, 0.717) is 12.5 Å². The highest BCUT2D eigenvalue weighted by atomic mass is 19.2. The maximum Gasteiger partial charge on any atom is 0.200 e. The summed E-state index contributed by atoms with van der Waals surface area (Å²) in [5.74, 6) is 1.25. The number of hydrogen-bond donors (Lipinski definition) is 0. The van der Waals surface area contributed by atoms with E-state index >= 15 is 0 Å². The fraction of sp³-hybridized carbons (Fsp3) is 0.619. The molecule has 1 aromatic rings. The van der Waals surface area contributed by atoms with E-state index in [-0.39, 0.29) is 5.75 Å². The Morgan fingerprint density at radius 1 is 0.958 bits per heavy atom. The second-order valence-electron chi connectivity index (χ2n) is 7.55. The van der Waals surface area contributed by atoms with Crippen LogP contribution in [0.4, 0.5) is 8.78 Å². The van der Waals surface area contributed by atoms with Gasteiger partial charge in [-0.3, -0.25) is 0 Å². The Balaban J connectivity index is 1.42. The number of hydrogen-bond acceptors (Lipinski definition) is 1. The van der Waals surface area contributed by atoms with Crippen LogP contribution in [0.2, 0.25) is 0 Å². The Kier molecular flexibility index (Phi) is 5.91. The molecule has 2 saturated carbocycles. The maximum absolute atomic E-state index is 13.6. The molecule has 0 amide bonds. The lowest BCUT2D eigenvalue weighted by Crippen LogP contribution is -2.27. The minimum atomic E-state index is -0.870.